The minimum atomic E-state index is -3.52. The van der Waals surface area contributed by atoms with E-state index in [4.69, 9.17) is 5.73 Å². The van der Waals surface area contributed by atoms with E-state index in [0.29, 0.717) is 16.9 Å². The topological polar surface area (TPSA) is 63.4 Å². The Morgan fingerprint density at radius 2 is 2.00 bits per heavy atom. The second-order valence-corrected chi connectivity index (χ2v) is 10.4. The van der Waals surface area contributed by atoms with Crippen LogP contribution in [0.4, 0.5) is 0 Å². The Balaban J connectivity index is 2.26. The number of rotatable bonds is 5. The van der Waals surface area contributed by atoms with E-state index in [1.54, 1.807) is 13.1 Å². The first-order chi connectivity index (χ1) is 9.34. The van der Waals surface area contributed by atoms with Gasteiger partial charge in [-0.1, -0.05) is 0 Å². The van der Waals surface area contributed by atoms with Crippen LogP contribution in [0.3, 0.4) is 0 Å². The Morgan fingerprint density at radius 3 is 2.50 bits per heavy atom. The number of thiophene rings is 2. The van der Waals surface area contributed by atoms with Gasteiger partial charge in [-0.25, -0.2) is 8.42 Å². The standard InChI is InChI=1S/C11H12Br2N2O2S3/c1-15(5-9-2-7(12)6-18-9)20(16,17)10-3-8(4-14)19-11(10)13/h2-3,6H,4-5,14H2,1H3. The van der Waals surface area contributed by atoms with Crippen LogP contribution in [0.1, 0.15) is 9.75 Å². The molecule has 110 valence electrons. The molecule has 2 N–H and O–H groups in total. The average Bonchev–Trinajstić information content (AvgIpc) is 2.95. The van der Waals surface area contributed by atoms with Crippen molar-refractivity contribution in [2.45, 2.75) is 18.0 Å². The molecule has 0 bridgehead atoms. The van der Waals surface area contributed by atoms with Crippen LogP contribution in [-0.4, -0.2) is 19.8 Å². The fourth-order valence-corrected chi connectivity index (χ4v) is 6.82. The lowest BCUT2D eigenvalue weighted by Crippen LogP contribution is -2.26. The molecule has 4 nitrogen and oxygen atoms in total. The van der Waals surface area contributed by atoms with Gasteiger partial charge in [0, 0.05) is 39.7 Å². The lowest BCUT2D eigenvalue weighted by atomic mass is 10.5. The maximum atomic E-state index is 12.5. The molecule has 0 aliphatic rings. The maximum Gasteiger partial charge on any atom is 0.245 e. The summed E-state index contributed by atoms with van der Waals surface area (Å²) in [7, 11) is -1.94. The van der Waals surface area contributed by atoms with Gasteiger partial charge in [-0.3, -0.25) is 0 Å². The first-order valence-electron chi connectivity index (χ1n) is 5.52. The fourth-order valence-electron chi connectivity index (χ4n) is 1.58. The van der Waals surface area contributed by atoms with Crippen LogP contribution in [0.15, 0.2) is 30.7 Å². The van der Waals surface area contributed by atoms with E-state index in [-0.39, 0.29) is 4.90 Å². The van der Waals surface area contributed by atoms with E-state index in [0.717, 1.165) is 14.2 Å². The summed E-state index contributed by atoms with van der Waals surface area (Å²) in [6.45, 7) is 0.680. The summed E-state index contributed by atoms with van der Waals surface area (Å²) in [5.41, 5.74) is 5.56. The van der Waals surface area contributed by atoms with Crippen LogP contribution in [-0.2, 0) is 23.1 Å². The van der Waals surface area contributed by atoms with Crippen molar-refractivity contribution >= 4 is 64.6 Å². The number of nitrogens with zero attached hydrogens (tertiary/aromatic N) is 1. The lowest BCUT2D eigenvalue weighted by Gasteiger charge is -2.15. The highest BCUT2D eigenvalue weighted by Gasteiger charge is 2.26. The van der Waals surface area contributed by atoms with Crippen molar-refractivity contribution in [2.24, 2.45) is 5.73 Å². The first kappa shape index (κ1) is 16.6. The molecule has 0 spiro atoms. The SMILES string of the molecule is CN(Cc1cc(Br)cs1)S(=O)(=O)c1cc(CN)sc1Br. The number of sulfonamides is 1. The molecular formula is C11H12Br2N2O2S3. The van der Waals surface area contributed by atoms with Crippen molar-refractivity contribution in [1.29, 1.82) is 0 Å². The van der Waals surface area contributed by atoms with Crippen molar-refractivity contribution in [3.05, 3.63) is 35.5 Å². The highest BCUT2D eigenvalue weighted by molar-refractivity contribution is 9.11. The third kappa shape index (κ3) is 3.52. The summed E-state index contributed by atoms with van der Waals surface area (Å²) in [5, 5.41) is 1.93. The predicted molar refractivity (Wildman–Crippen MR) is 90.6 cm³/mol. The molecule has 0 unspecified atom stereocenters. The van der Waals surface area contributed by atoms with E-state index in [1.807, 2.05) is 11.4 Å². The molecule has 0 fully saturated rings. The summed E-state index contributed by atoms with van der Waals surface area (Å²) in [5.74, 6) is 0. The second-order valence-electron chi connectivity index (χ2n) is 4.05. The highest BCUT2D eigenvalue weighted by atomic mass is 79.9. The van der Waals surface area contributed by atoms with Gasteiger partial charge in [-0.05, 0) is 44.0 Å². The van der Waals surface area contributed by atoms with Gasteiger partial charge in [0.2, 0.25) is 10.0 Å². The van der Waals surface area contributed by atoms with Crippen molar-refractivity contribution in [3.8, 4) is 0 Å². The van der Waals surface area contributed by atoms with Crippen LogP contribution in [0.25, 0.3) is 0 Å². The molecule has 9 heteroatoms. The Bertz CT molecular complexity index is 709. The molecule has 0 saturated heterocycles. The van der Waals surface area contributed by atoms with Crippen molar-refractivity contribution in [3.63, 3.8) is 0 Å². The second kappa shape index (κ2) is 6.55. The van der Waals surface area contributed by atoms with Crippen molar-refractivity contribution in [2.75, 3.05) is 7.05 Å². The van der Waals surface area contributed by atoms with E-state index in [2.05, 4.69) is 31.9 Å². The third-order valence-corrected chi connectivity index (χ3v) is 8.36. The lowest BCUT2D eigenvalue weighted by molar-refractivity contribution is 0.469. The minimum Gasteiger partial charge on any atom is -0.326 e. The van der Waals surface area contributed by atoms with E-state index >= 15 is 0 Å². The molecule has 0 aromatic carbocycles. The Hall–Kier alpha value is 0.230. The fraction of sp³-hybridized carbons (Fsp3) is 0.273. The smallest absolute Gasteiger partial charge is 0.245 e. The number of hydrogen-bond acceptors (Lipinski definition) is 5. The normalized spacial score (nSPS) is 12.2. The zero-order chi connectivity index (χ0) is 14.9. The van der Waals surface area contributed by atoms with Crippen LogP contribution < -0.4 is 5.73 Å². The van der Waals surface area contributed by atoms with Crippen LogP contribution in [0.2, 0.25) is 0 Å². The molecule has 20 heavy (non-hydrogen) atoms. The van der Waals surface area contributed by atoms with Crippen molar-refractivity contribution in [1.82, 2.24) is 4.31 Å². The number of nitrogens with two attached hydrogens (primary N) is 1. The summed E-state index contributed by atoms with van der Waals surface area (Å²) in [6.07, 6.45) is 0. The number of halogens is 2. The molecule has 2 aromatic heterocycles. The van der Waals surface area contributed by atoms with Gasteiger partial charge in [-0.2, -0.15) is 4.31 Å². The molecular weight excluding hydrogens is 448 g/mol. The Labute approximate surface area is 142 Å². The quantitative estimate of drug-likeness (QED) is 0.742. The van der Waals surface area contributed by atoms with E-state index in [9.17, 15) is 8.42 Å². The zero-order valence-corrected chi connectivity index (χ0v) is 16.1. The predicted octanol–water partition coefficient (Wildman–Crippen LogP) is 3.61. The number of hydrogen-bond donors (Lipinski definition) is 1. The molecule has 0 atom stereocenters. The summed E-state index contributed by atoms with van der Waals surface area (Å²) in [6, 6.07) is 3.55. The minimum absolute atomic E-state index is 0.279. The molecule has 0 aliphatic heterocycles. The first-order valence-corrected chi connectivity index (χ1v) is 10.2. The van der Waals surface area contributed by atoms with Gasteiger partial charge in [0.25, 0.3) is 0 Å². The monoisotopic (exact) mass is 458 g/mol. The van der Waals surface area contributed by atoms with Gasteiger partial charge in [0.05, 0.1) is 3.79 Å². The summed E-state index contributed by atoms with van der Waals surface area (Å²) in [4.78, 5) is 2.09. The molecule has 0 saturated carbocycles. The molecule has 2 aromatic rings. The van der Waals surface area contributed by atoms with Crippen LogP contribution >= 0.6 is 54.5 Å². The molecule has 0 aliphatic carbocycles. The van der Waals surface area contributed by atoms with Gasteiger partial charge < -0.3 is 5.73 Å². The van der Waals surface area contributed by atoms with Gasteiger partial charge in [0.1, 0.15) is 4.90 Å². The Morgan fingerprint density at radius 1 is 1.30 bits per heavy atom. The van der Waals surface area contributed by atoms with Gasteiger partial charge >= 0.3 is 0 Å². The molecule has 0 radical (unpaired) electrons. The van der Waals surface area contributed by atoms with Crippen molar-refractivity contribution < 1.29 is 8.42 Å². The van der Waals surface area contributed by atoms with Crippen LogP contribution in [0.5, 0.6) is 0 Å². The average molecular weight is 460 g/mol. The van der Waals surface area contributed by atoms with Gasteiger partial charge in [0.15, 0.2) is 0 Å². The largest absolute Gasteiger partial charge is 0.326 e. The molecule has 2 rings (SSSR count). The summed E-state index contributed by atoms with van der Waals surface area (Å²) < 4.78 is 28.0. The molecule has 0 amide bonds. The third-order valence-electron chi connectivity index (χ3n) is 2.60. The molecule has 2 heterocycles. The van der Waals surface area contributed by atoms with Gasteiger partial charge in [-0.15, -0.1) is 22.7 Å². The Kier molecular flexibility index (Phi) is 5.44. The maximum absolute atomic E-state index is 12.5. The zero-order valence-electron chi connectivity index (χ0n) is 10.5. The van der Waals surface area contributed by atoms with E-state index in [1.165, 1.54) is 27.0 Å². The summed E-state index contributed by atoms with van der Waals surface area (Å²) >= 11 is 9.54. The van der Waals surface area contributed by atoms with Crippen LogP contribution in [0, 0.1) is 0 Å². The van der Waals surface area contributed by atoms with E-state index < -0.39 is 10.0 Å². The highest BCUT2D eigenvalue weighted by Crippen LogP contribution is 2.33.